The third-order valence-corrected chi connectivity index (χ3v) is 4.69. The molecule has 3 rings (SSSR count). The van der Waals surface area contributed by atoms with Crippen molar-refractivity contribution in [1.29, 1.82) is 0 Å². The van der Waals surface area contributed by atoms with Gasteiger partial charge < -0.3 is 15.2 Å². The summed E-state index contributed by atoms with van der Waals surface area (Å²) in [6.45, 7) is 5.25. The van der Waals surface area contributed by atoms with Crippen LogP contribution in [0.5, 0.6) is 0 Å². The van der Waals surface area contributed by atoms with Crippen LogP contribution >= 0.6 is 0 Å². The molecule has 0 saturated carbocycles. The van der Waals surface area contributed by atoms with E-state index in [9.17, 15) is 4.79 Å². The summed E-state index contributed by atoms with van der Waals surface area (Å²) in [5.41, 5.74) is 1.95. The van der Waals surface area contributed by atoms with E-state index in [1.165, 1.54) is 0 Å². The molecule has 0 bridgehead atoms. The Bertz CT molecular complexity index is 638. The molecule has 0 aliphatic carbocycles. The van der Waals surface area contributed by atoms with Crippen molar-refractivity contribution in [3.05, 3.63) is 36.0 Å². The summed E-state index contributed by atoms with van der Waals surface area (Å²) in [6.07, 6.45) is 4.17. The van der Waals surface area contributed by atoms with Gasteiger partial charge in [0.15, 0.2) is 0 Å². The number of likely N-dealkylation sites (tertiary alicyclic amines) is 1. The Morgan fingerprint density at radius 2 is 2.10 bits per heavy atom. The normalized spacial score (nSPS) is 18.8. The number of hydrogen-bond acceptors (Lipinski definition) is 2. The fraction of sp³-hybridized carbons (Fsp3) is 0.471. The molecule has 1 aromatic carbocycles. The summed E-state index contributed by atoms with van der Waals surface area (Å²) >= 11 is 0. The van der Waals surface area contributed by atoms with E-state index in [0.29, 0.717) is 0 Å². The van der Waals surface area contributed by atoms with Gasteiger partial charge in [0.2, 0.25) is 0 Å². The Kier molecular flexibility index (Phi) is 3.72. The van der Waals surface area contributed by atoms with Crippen molar-refractivity contribution in [2.75, 3.05) is 26.7 Å². The zero-order valence-corrected chi connectivity index (χ0v) is 12.8. The number of nitrogens with one attached hydrogen (secondary N) is 2. The molecule has 4 nitrogen and oxygen atoms in total. The maximum absolute atomic E-state index is 12.3. The van der Waals surface area contributed by atoms with E-state index in [-0.39, 0.29) is 11.3 Å². The molecule has 1 amide bonds. The average molecular weight is 285 g/mol. The first-order valence-electron chi connectivity index (χ1n) is 7.60. The van der Waals surface area contributed by atoms with Crippen molar-refractivity contribution in [3.63, 3.8) is 0 Å². The summed E-state index contributed by atoms with van der Waals surface area (Å²) in [4.78, 5) is 17.8. The van der Waals surface area contributed by atoms with Crippen LogP contribution in [-0.4, -0.2) is 42.5 Å². The van der Waals surface area contributed by atoms with E-state index in [2.05, 4.69) is 29.2 Å². The molecule has 0 unspecified atom stereocenters. The van der Waals surface area contributed by atoms with Gasteiger partial charge in [-0.15, -0.1) is 0 Å². The minimum Gasteiger partial charge on any atom is -0.361 e. The smallest absolute Gasteiger partial charge is 0.251 e. The van der Waals surface area contributed by atoms with E-state index in [1.54, 1.807) is 0 Å². The number of fused-ring (bicyclic) bond motifs is 1. The van der Waals surface area contributed by atoms with E-state index < -0.39 is 0 Å². The van der Waals surface area contributed by atoms with Gasteiger partial charge in [0, 0.05) is 23.8 Å². The molecule has 1 saturated heterocycles. The predicted octanol–water partition coefficient (Wildman–Crippen LogP) is 2.63. The lowest BCUT2D eigenvalue weighted by atomic mass is 9.80. The van der Waals surface area contributed by atoms with Gasteiger partial charge in [-0.1, -0.05) is 13.0 Å². The van der Waals surface area contributed by atoms with Crippen molar-refractivity contribution in [1.82, 2.24) is 15.2 Å². The van der Waals surface area contributed by atoms with Crippen LogP contribution in [0.1, 0.15) is 30.1 Å². The maximum Gasteiger partial charge on any atom is 0.251 e. The van der Waals surface area contributed by atoms with Gasteiger partial charge in [0.1, 0.15) is 0 Å². The Hall–Kier alpha value is -1.81. The second-order valence-electron chi connectivity index (χ2n) is 6.58. The third-order valence-electron chi connectivity index (χ3n) is 4.69. The van der Waals surface area contributed by atoms with Crippen molar-refractivity contribution in [2.24, 2.45) is 5.41 Å². The first kappa shape index (κ1) is 14.1. The molecule has 1 fully saturated rings. The highest BCUT2D eigenvalue weighted by atomic mass is 16.1. The second kappa shape index (κ2) is 5.53. The minimum atomic E-state index is 0.0200. The van der Waals surface area contributed by atoms with E-state index in [4.69, 9.17) is 0 Å². The standard InChI is InChI=1S/C17H23N3O/c1-17(6-9-20(2)10-7-17)12-19-16(21)14-4-3-13-5-8-18-15(13)11-14/h3-5,8,11,18H,6-7,9-10,12H2,1-2H3,(H,19,21). The molecule has 2 N–H and O–H groups in total. The summed E-state index contributed by atoms with van der Waals surface area (Å²) < 4.78 is 0. The molecule has 0 atom stereocenters. The fourth-order valence-electron chi connectivity index (χ4n) is 2.92. The molecule has 1 aromatic heterocycles. The van der Waals surface area contributed by atoms with E-state index in [1.807, 2.05) is 30.5 Å². The summed E-state index contributed by atoms with van der Waals surface area (Å²) in [5.74, 6) is 0.0200. The Morgan fingerprint density at radius 1 is 1.33 bits per heavy atom. The molecule has 1 aliphatic rings. The molecule has 0 spiro atoms. The predicted molar refractivity (Wildman–Crippen MR) is 85.5 cm³/mol. The van der Waals surface area contributed by atoms with Gasteiger partial charge in [-0.2, -0.15) is 0 Å². The fourth-order valence-corrected chi connectivity index (χ4v) is 2.92. The van der Waals surface area contributed by atoms with E-state index in [0.717, 1.165) is 48.9 Å². The number of carbonyl (C=O) groups excluding carboxylic acids is 1. The van der Waals surface area contributed by atoms with Gasteiger partial charge in [-0.05, 0) is 62.0 Å². The molecule has 21 heavy (non-hydrogen) atoms. The van der Waals surface area contributed by atoms with Gasteiger partial charge in [0.25, 0.3) is 5.91 Å². The zero-order valence-electron chi connectivity index (χ0n) is 12.8. The lowest BCUT2D eigenvalue weighted by Gasteiger charge is -2.37. The van der Waals surface area contributed by atoms with Crippen LogP contribution in [0.25, 0.3) is 10.9 Å². The number of H-pyrrole nitrogens is 1. The minimum absolute atomic E-state index is 0.0200. The lowest BCUT2D eigenvalue weighted by Crippen LogP contribution is -2.43. The van der Waals surface area contributed by atoms with Crippen molar-refractivity contribution in [3.8, 4) is 0 Å². The Labute approximate surface area is 125 Å². The summed E-state index contributed by atoms with van der Waals surface area (Å²) in [6, 6.07) is 7.80. The van der Waals surface area contributed by atoms with Crippen molar-refractivity contribution in [2.45, 2.75) is 19.8 Å². The number of benzene rings is 1. The first-order chi connectivity index (χ1) is 10.1. The number of aromatic amines is 1. The van der Waals surface area contributed by atoms with Gasteiger partial charge >= 0.3 is 0 Å². The van der Waals surface area contributed by atoms with Gasteiger partial charge in [-0.3, -0.25) is 4.79 Å². The van der Waals surface area contributed by atoms with Crippen LogP contribution < -0.4 is 5.32 Å². The molecule has 2 heterocycles. The molecule has 1 aliphatic heterocycles. The molecule has 112 valence electrons. The number of amides is 1. The van der Waals surface area contributed by atoms with Gasteiger partial charge in [-0.25, -0.2) is 0 Å². The second-order valence-corrected chi connectivity index (χ2v) is 6.58. The largest absolute Gasteiger partial charge is 0.361 e. The highest BCUT2D eigenvalue weighted by Gasteiger charge is 2.29. The van der Waals surface area contributed by atoms with Crippen LogP contribution in [-0.2, 0) is 0 Å². The quantitative estimate of drug-likeness (QED) is 0.910. The highest BCUT2D eigenvalue weighted by molar-refractivity contribution is 5.97. The van der Waals surface area contributed by atoms with Crippen LogP contribution in [0.4, 0.5) is 0 Å². The molecular formula is C17H23N3O. The molecule has 4 heteroatoms. The Morgan fingerprint density at radius 3 is 2.86 bits per heavy atom. The number of hydrogen-bond donors (Lipinski definition) is 2. The van der Waals surface area contributed by atoms with Crippen LogP contribution in [0, 0.1) is 5.41 Å². The lowest BCUT2D eigenvalue weighted by molar-refractivity contribution is 0.0891. The van der Waals surface area contributed by atoms with E-state index >= 15 is 0 Å². The van der Waals surface area contributed by atoms with Gasteiger partial charge in [0.05, 0.1) is 0 Å². The number of carbonyl (C=O) groups is 1. The summed E-state index contributed by atoms with van der Waals surface area (Å²) in [5, 5.41) is 4.24. The van der Waals surface area contributed by atoms with Crippen molar-refractivity contribution >= 4 is 16.8 Å². The Balaban J connectivity index is 1.63. The molecule has 0 radical (unpaired) electrons. The average Bonchev–Trinajstić information content (AvgIpc) is 2.96. The van der Waals surface area contributed by atoms with Crippen LogP contribution in [0.15, 0.2) is 30.5 Å². The zero-order chi connectivity index (χ0) is 14.9. The summed E-state index contributed by atoms with van der Waals surface area (Å²) in [7, 11) is 2.16. The number of piperidine rings is 1. The third kappa shape index (κ3) is 3.10. The van der Waals surface area contributed by atoms with Crippen LogP contribution in [0.3, 0.4) is 0 Å². The highest BCUT2D eigenvalue weighted by Crippen LogP contribution is 2.29. The SMILES string of the molecule is CN1CCC(C)(CNC(=O)c2ccc3cc[nH]c3c2)CC1. The number of nitrogens with zero attached hydrogens (tertiary/aromatic N) is 1. The monoisotopic (exact) mass is 285 g/mol. The van der Waals surface area contributed by atoms with Crippen molar-refractivity contribution < 1.29 is 4.79 Å². The maximum atomic E-state index is 12.3. The number of rotatable bonds is 3. The molecule has 2 aromatic rings. The first-order valence-corrected chi connectivity index (χ1v) is 7.60. The topological polar surface area (TPSA) is 48.1 Å². The molecular weight excluding hydrogens is 262 g/mol. The van der Waals surface area contributed by atoms with Crippen LogP contribution in [0.2, 0.25) is 0 Å². The number of aromatic nitrogens is 1.